The smallest absolute Gasteiger partial charge is 0.294 e. The number of phenols is 1. The average Bonchev–Trinajstić information content (AvgIpc) is 2.56. The van der Waals surface area contributed by atoms with Gasteiger partial charge in [0.1, 0.15) is 5.75 Å². The summed E-state index contributed by atoms with van der Waals surface area (Å²) in [6.45, 7) is 2.61. The van der Waals surface area contributed by atoms with Crippen LogP contribution in [-0.2, 0) is 10.1 Å². The number of fused-ring (bicyclic) bond motifs is 1. The predicted octanol–water partition coefficient (Wildman–Crippen LogP) is 3.91. The maximum Gasteiger partial charge on any atom is 0.294 e. The van der Waals surface area contributed by atoms with Gasteiger partial charge in [-0.1, -0.05) is 42.5 Å². The second-order valence-corrected chi connectivity index (χ2v) is 6.45. The van der Waals surface area contributed by atoms with Crippen LogP contribution in [0.1, 0.15) is 6.92 Å². The van der Waals surface area contributed by atoms with Crippen LogP contribution < -0.4 is 5.32 Å². The molecule has 3 aromatic rings. The first-order valence-electron chi connectivity index (χ1n) is 7.40. The number of aromatic hydroxyl groups is 1. The van der Waals surface area contributed by atoms with Crippen LogP contribution in [0.2, 0.25) is 0 Å². The van der Waals surface area contributed by atoms with Gasteiger partial charge in [-0.25, -0.2) is 0 Å². The van der Waals surface area contributed by atoms with Crippen molar-refractivity contribution in [2.24, 2.45) is 0 Å². The van der Waals surface area contributed by atoms with Gasteiger partial charge in [0.2, 0.25) is 0 Å². The quantitative estimate of drug-likeness (QED) is 0.627. The van der Waals surface area contributed by atoms with Crippen LogP contribution in [0, 0.1) is 0 Å². The molecule has 3 aromatic carbocycles. The fraction of sp³-hybridized carbons (Fsp3) is 0.111. The Kier molecular flexibility index (Phi) is 5.78. The topological polar surface area (TPSA) is 86.6 Å². The monoisotopic (exact) mass is 345 g/mol. The SMILES string of the molecule is CCNc1cccc(S(=O)(=O)O)c1.Oc1cccc2ccccc12. The zero-order valence-electron chi connectivity index (χ0n) is 13.2. The minimum atomic E-state index is -4.08. The molecule has 0 atom stereocenters. The van der Waals surface area contributed by atoms with Crippen molar-refractivity contribution in [1.82, 2.24) is 0 Å². The van der Waals surface area contributed by atoms with Gasteiger partial charge in [0.05, 0.1) is 4.90 Å². The highest BCUT2D eigenvalue weighted by Crippen LogP contribution is 2.22. The van der Waals surface area contributed by atoms with Crippen LogP contribution in [0.3, 0.4) is 0 Å². The molecule has 0 saturated carbocycles. The summed E-state index contributed by atoms with van der Waals surface area (Å²) in [5.74, 6) is 0.350. The summed E-state index contributed by atoms with van der Waals surface area (Å²) in [6, 6.07) is 19.3. The molecule has 0 aliphatic carbocycles. The zero-order chi connectivity index (χ0) is 17.6. The van der Waals surface area contributed by atoms with Gasteiger partial charge in [0.15, 0.2) is 0 Å². The van der Waals surface area contributed by atoms with Crippen LogP contribution in [0.5, 0.6) is 5.75 Å². The molecule has 5 nitrogen and oxygen atoms in total. The van der Waals surface area contributed by atoms with Gasteiger partial charge in [0, 0.05) is 17.6 Å². The molecular formula is C18H19NO4S. The maximum absolute atomic E-state index is 10.7. The minimum absolute atomic E-state index is 0.0917. The maximum atomic E-state index is 10.7. The standard InChI is InChI=1S/C10H8O.C8H11NO3S/c11-10-7-3-5-8-4-1-2-6-9(8)10;1-2-9-7-4-3-5-8(6-7)13(10,11)12/h1-7,11H;3-6,9H,2H2,1H3,(H,10,11,12). The summed E-state index contributed by atoms with van der Waals surface area (Å²) >= 11 is 0. The van der Waals surface area contributed by atoms with Gasteiger partial charge in [-0.3, -0.25) is 4.55 Å². The number of nitrogens with one attached hydrogen (secondary N) is 1. The number of anilines is 1. The van der Waals surface area contributed by atoms with Crippen molar-refractivity contribution in [2.75, 3.05) is 11.9 Å². The third kappa shape index (κ3) is 4.71. The normalized spacial score (nSPS) is 10.8. The van der Waals surface area contributed by atoms with Crippen LogP contribution in [0.15, 0.2) is 71.6 Å². The lowest BCUT2D eigenvalue weighted by Crippen LogP contribution is -2.01. The number of hydrogen-bond acceptors (Lipinski definition) is 4. The Labute approximate surface area is 141 Å². The third-order valence-electron chi connectivity index (χ3n) is 3.28. The summed E-state index contributed by atoms with van der Waals surface area (Å²) in [5.41, 5.74) is 0.678. The van der Waals surface area contributed by atoms with E-state index in [1.807, 2.05) is 43.3 Å². The van der Waals surface area contributed by atoms with E-state index in [9.17, 15) is 13.5 Å². The van der Waals surface area contributed by atoms with E-state index < -0.39 is 10.1 Å². The molecule has 0 fully saturated rings. The van der Waals surface area contributed by atoms with Crippen molar-refractivity contribution < 1.29 is 18.1 Å². The highest BCUT2D eigenvalue weighted by molar-refractivity contribution is 7.85. The Morgan fingerprint density at radius 2 is 1.62 bits per heavy atom. The second-order valence-electron chi connectivity index (χ2n) is 5.03. The van der Waals surface area contributed by atoms with Crippen LogP contribution in [0.4, 0.5) is 5.69 Å². The van der Waals surface area contributed by atoms with Gasteiger partial charge >= 0.3 is 0 Å². The van der Waals surface area contributed by atoms with Crippen molar-refractivity contribution >= 4 is 26.6 Å². The molecule has 0 amide bonds. The first-order valence-corrected chi connectivity index (χ1v) is 8.84. The highest BCUT2D eigenvalue weighted by Gasteiger charge is 2.08. The first-order chi connectivity index (χ1) is 11.4. The van der Waals surface area contributed by atoms with E-state index in [4.69, 9.17) is 4.55 Å². The lowest BCUT2D eigenvalue weighted by Gasteiger charge is -2.03. The summed E-state index contributed by atoms with van der Waals surface area (Å²) in [4.78, 5) is -0.0917. The fourth-order valence-corrected chi connectivity index (χ4v) is 2.71. The third-order valence-corrected chi connectivity index (χ3v) is 4.13. The Morgan fingerprint density at radius 3 is 2.29 bits per heavy atom. The van der Waals surface area contributed by atoms with Gasteiger partial charge < -0.3 is 10.4 Å². The summed E-state index contributed by atoms with van der Waals surface area (Å²) < 4.78 is 30.2. The molecular weight excluding hydrogens is 326 g/mol. The van der Waals surface area contributed by atoms with Crippen molar-refractivity contribution in [2.45, 2.75) is 11.8 Å². The predicted molar refractivity (Wildman–Crippen MR) is 96.0 cm³/mol. The summed E-state index contributed by atoms with van der Waals surface area (Å²) in [6.07, 6.45) is 0. The lowest BCUT2D eigenvalue weighted by molar-refractivity contribution is 0.481. The van der Waals surface area contributed by atoms with E-state index >= 15 is 0 Å². The largest absolute Gasteiger partial charge is 0.507 e. The van der Waals surface area contributed by atoms with E-state index in [0.29, 0.717) is 18.0 Å². The minimum Gasteiger partial charge on any atom is -0.507 e. The molecule has 0 saturated heterocycles. The Balaban J connectivity index is 0.000000175. The van der Waals surface area contributed by atoms with Crippen LogP contribution in [0.25, 0.3) is 10.8 Å². The van der Waals surface area contributed by atoms with Crippen molar-refractivity contribution in [3.63, 3.8) is 0 Å². The Hall–Kier alpha value is -2.57. The van der Waals surface area contributed by atoms with E-state index in [2.05, 4.69) is 5.32 Å². The van der Waals surface area contributed by atoms with E-state index in [-0.39, 0.29) is 4.90 Å². The Bertz CT molecular complexity index is 918. The van der Waals surface area contributed by atoms with Crippen molar-refractivity contribution in [3.05, 3.63) is 66.7 Å². The summed E-state index contributed by atoms with van der Waals surface area (Å²) in [5, 5.41) is 14.3. The number of hydrogen-bond donors (Lipinski definition) is 3. The Morgan fingerprint density at radius 1 is 0.958 bits per heavy atom. The molecule has 0 aliphatic rings. The zero-order valence-corrected chi connectivity index (χ0v) is 14.0. The van der Waals surface area contributed by atoms with E-state index in [1.54, 1.807) is 18.2 Å². The van der Waals surface area contributed by atoms with Gasteiger partial charge in [-0.2, -0.15) is 8.42 Å². The molecule has 0 bridgehead atoms. The molecule has 126 valence electrons. The molecule has 3 rings (SSSR count). The fourth-order valence-electron chi connectivity index (χ4n) is 2.18. The molecule has 0 aliphatic heterocycles. The van der Waals surface area contributed by atoms with Gasteiger partial charge in [-0.05, 0) is 36.6 Å². The highest BCUT2D eigenvalue weighted by atomic mass is 32.2. The van der Waals surface area contributed by atoms with E-state index in [0.717, 1.165) is 10.8 Å². The van der Waals surface area contributed by atoms with Gasteiger partial charge in [0.25, 0.3) is 10.1 Å². The number of rotatable bonds is 3. The van der Waals surface area contributed by atoms with Crippen molar-refractivity contribution in [1.29, 1.82) is 0 Å². The molecule has 3 N–H and O–H groups in total. The molecule has 0 aromatic heterocycles. The summed E-state index contributed by atoms with van der Waals surface area (Å²) in [7, 11) is -4.08. The number of benzene rings is 3. The van der Waals surface area contributed by atoms with Gasteiger partial charge in [-0.15, -0.1) is 0 Å². The van der Waals surface area contributed by atoms with E-state index in [1.165, 1.54) is 12.1 Å². The second kappa shape index (κ2) is 7.81. The van der Waals surface area contributed by atoms with Crippen molar-refractivity contribution in [3.8, 4) is 5.75 Å². The molecule has 0 unspecified atom stereocenters. The molecule has 0 radical (unpaired) electrons. The molecule has 6 heteroatoms. The molecule has 24 heavy (non-hydrogen) atoms. The van der Waals surface area contributed by atoms with Crippen LogP contribution >= 0.6 is 0 Å². The first kappa shape index (κ1) is 17.8. The molecule has 0 heterocycles. The average molecular weight is 345 g/mol. The number of phenolic OH excluding ortho intramolecular Hbond substituents is 1. The van der Waals surface area contributed by atoms with Crippen LogP contribution in [-0.4, -0.2) is 24.6 Å². The lowest BCUT2D eigenvalue weighted by atomic mass is 10.1. The molecule has 0 spiro atoms.